The second-order valence-electron chi connectivity index (χ2n) is 4.44. The standard InChI is InChI=1S/C11H17NO2/c13-8-9-6-11(14)12(7-9)10-4-2-1-3-5-10/h8-10H,1-7H2. The Labute approximate surface area is 84.5 Å². The molecule has 0 aromatic heterocycles. The quantitative estimate of drug-likeness (QED) is 0.624. The Bertz CT molecular complexity index is 233. The van der Waals surface area contributed by atoms with E-state index in [1.807, 2.05) is 4.90 Å². The average molecular weight is 195 g/mol. The van der Waals surface area contributed by atoms with Gasteiger partial charge in [-0.15, -0.1) is 0 Å². The highest BCUT2D eigenvalue weighted by Crippen LogP contribution is 2.27. The van der Waals surface area contributed by atoms with Crippen molar-refractivity contribution in [2.45, 2.75) is 44.6 Å². The summed E-state index contributed by atoms with van der Waals surface area (Å²) in [6, 6.07) is 0.432. The lowest BCUT2D eigenvalue weighted by atomic mass is 9.94. The van der Waals surface area contributed by atoms with Crippen LogP contribution in [0.1, 0.15) is 38.5 Å². The minimum atomic E-state index is -0.0376. The van der Waals surface area contributed by atoms with Gasteiger partial charge in [-0.3, -0.25) is 4.79 Å². The molecule has 3 heteroatoms. The molecule has 0 N–H and O–H groups in total. The molecule has 0 radical (unpaired) electrons. The monoisotopic (exact) mass is 195 g/mol. The molecule has 0 aromatic rings. The summed E-state index contributed by atoms with van der Waals surface area (Å²) >= 11 is 0. The van der Waals surface area contributed by atoms with Gasteiger partial charge in [0.1, 0.15) is 6.29 Å². The van der Waals surface area contributed by atoms with E-state index in [1.54, 1.807) is 0 Å². The molecule has 1 amide bonds. The highest BCUT2D eigenvalue weighted by molar-refractivity contribution is 5.83. The Hall–Kier alpha value is -0.860. The molecule has 1 saturated heterocycles. The fourth-order valence-corrected chi connectivity index (χ4v) is 2.60. The van der Waals surface area contributed by atoms with Crippen LogP contribution in [0.4, 0.5) is 0 Å². The largest absolute Gasteiger partial charge is 0.339 e. The van der Waals surface area contributed by atoms with Crippen LogP contribution in [-0.2, 0) is 9.59 Å². The van der Waals surface area contributed by atoms with E-state index in [0.29, 0.717) is 19.0 Å². The average Bonchev–Trinajstić information content (AvgIpc) is 2.61. The Morgan fingerprint density at radius 3 is 2.50 bits per heavy atom. The molecule has 1 aliphatic heterocycles. The molecule has 0 bridgehead atoms. The van der Waals surface area contributed by atoms with Gasteiger partial charge in [-0.05, 0) is 12.8 Å². The van der Waals surface area contributed by atoms with Crippen LogP contribution in [0.3, 0.4) is 0 Å². The first-order valence-corrected chi connectivity index (χ1v) is 5.56. The van der Waals surface area contributed by atoms with E-state index in [1.165, 1.54) is 19.3 Å². The maximum Gasteiger partial charge on any atom is 0.223 e. The number of hydrogen-bond donors (Lipinski definition) is 0. The first-order valence-electron chi connectivity index (χ1n) is 5.56. The van der Waals surface area contributed by atoms with Crippen LogP contribution in [0.2, 0.25) is 0 Å². The van der Waals surface area contributed by atoms with Gasteiger partial charge in [0, 0.05) is 24.9 Å². The first-order chi connectivity index (χ1) is 6.81. The second-order valence-corrected chi connectivity index (χ2v) is 4.44. The van der Waals surface area contributed by atoms with Crippen LogP contribution in [0, 0.1) is 5.92 Å². The SMILES string of the molecule is O=CC1CC(=O)N(C2CCCCC2)C1. The summed E-state index contributed by atoms with van der Waals surface area (Å²) in [5.74, 6) is 0.151. The van der Waals surface area contributed by atoms with Crippen LogP contribution in [0.15, 0.2) is 0 Å². The lowest BCUT2D eigenvalue weighted by Gasteiger charge is -2.31. The van der Waals surface area contributed by atoms with E-state index >= 15 is 0 Å². The summed E-state index contributed by atoms with van der Waals surface area (Å²) in [7, 11) is 0. The molecule has 1 saturated carbocycles. The smallest absolute Gasteiger partial charge is 0.223 e. The van der Waals surface area contributed by atoms with Crippen molar-refractivity contribution in [1.82, 2.24) is 4.90 Å². The zero-order chi connectivity index (χ0) is 9.97. The lowest BCUT2D eigenvalue weighted by Crippen LogP contribution is -2.37. The molecule has 2 rings (SSSR count). The predicted octanol–water partition coefficient (Wildman–Crippen LogP) is 1.37. The molecule has 1 heterocycles. The minimum Gasteiger partial charge on any atom is -0.339 e. The molecule has 0 aromatic carbocycles. The zero-order valence-corrected chi connectivity index (χ0v) is 8.45. The number of likely N-dealkylation sites (tertiary alicyclic amines) is 1. The van der Waals surface area contributed by atoms with Crippen molar-refractivity contribution in [1.29, 1.82) is 0 Å². The first kappa shape index (κ1) is 9.69. The van der Waals surface area contributed by atoms with Gasteiger partial charge in [-0.1, -0.05) is 19.3 Å². The molecule has 2 aliphatic rings. The summed E-state index contributed by atoms with van der Waals surface area (Å²) < 4.78 is 0. The van der Waals surface area contributed by atoms with Gasteiger partial charge in [0.25, 0.3) is 0 Å². The normalized spacial score (nSPS) is 29.6. The zero-order valence-electron chi connectivity index (χ0n) is 8.45. The van der Waals surface area contributed by atoms with Gasteiger partial charge < -0.3 is 9.69 Å². The van der Waals surface area contributed by atoms with Gasteiger partial charge >= 0.3 is 0 Å². The fraction of sp³-hybridized carbons (Fsp3) is 0.818. The molecule has 1 aliphatic carbocycles. The number of hydrogen-bond acceptors (Lipinski definition) is 2. The Balaban J connectivity index is 1.96. The van der Waals surface area contributed by atoms with Gasteiger partial charge in [-0.25, -0.2) is 0 Å². The maximum absolute atomic E-state index is 11.6. The van der Waals surface area contributed by atoms with Crippen LogP contribution < -0.4 is 0 Å². The molecule has 1 atom stereocenters. The van der Waals surface area contributed by atoms with Crippen molar-refractivity contribution in [2.24, 2.45) is 5.92 Å². The predicted molar refractivity (Wildman–Crippen MR) is 52.8 cm³/mol. The summed E-state index contributed by atoms with van der Waals surface area (Å²) in [5.41, 5.74) is 0. The van der Waals surface area contributed by atoms with Crippen molar-refractivity contribution >= 4 is 12.2 Å². The molecular formula is C11H17NO2. The third-order valence-electron chi connectivity index (χ3n) is 3.40. The number of aldehydes is 1. The third-order valence-corrected chi connectivity index (χ3v) is 3.40. The topological polar surface area (TPSA) is 37.4 Å². The van der Waals surface area contributed by atoms with E-state index in [2.05, 4.69) is 0 Å². The summed E-state index contributed by atoms with van der Waals surface area (Å²) in [6.07, 6.45) is 7.42. The molecule has 0 spiro atoms. The van der Waals surface area contributed by atoms with Crippen molar-refractivity contribution in [3.05, 3.63) is 0 Å². The molecule has 3 nitrogen and oxygen atoms in total. The molecule has 2 fully saturated rings. The van der Waals surface area contributed by atoms with Gasteiger partial charge in [0.05, 0.1) is 0 Å². The van der Waals surface area contributed by atoms with Crippen LogP contribution in [-0.4, -0.2) is 29.7 Å². The van der Waals surface area contributed by atoms with E-state index in [0.717, 1.165) is 19.1 Å². The summed E-state index contributed by atoms with van der Waals surface area (Å²) in [4.78, 5) is 24.2. The third kappa shape index (κ3) is 1.81. The van der Waals surface area contributed by atoms with Crippen LogP contribution in [0.25, 0.3) is 0 Å². The van der Waals surface area contributed by atoms with Gasteiger partial charge in [0.2, 0.25) is 5.91 Å². The van der Waals surface area contributed by atoms with E-state index in [4.69, 9.17) is 0 Å². The van der Waals surface area contributed by atoms with E-state index in [9.17, 15) is 9.59 Å². The van der Waals surface area contributed by atoms with E-state index in [-0.39, 0.29) is 11.8 Å². The molecular weight excluding hydrogens is 178 g/mol. The van der Waals surface area contributed by atoms with E-state index < -0.39 is 0 Å². The van der Waals surface area contributed by atoms with Crippen molar-refractivity contribution < 1.29 is 9.59 Å². The van der Waals surface area contributed by atoms with Crippen molar-refractivity contribution in [3.63, 3.8) is 0 Å². The summed E-state index contributed by atoms with van der Waals surface area (Å²) in [5, 5.41) is 0. The van der Waals surface area contributed by atoms with Gasteiger partial charge in [0.15, 0.2) is 0 Å². The number of nitrogens with zero attached hydrogens (tertiary/aromatic N) is 1. The molecule has 78 valence electrons. The number of carbonyl (C=O) groups is 2. The Morgan fingerprint density at radius 1 is 1.21 bits per heavy atom. The van der Waals surface area contributed by atoms with Crippen molar-refractivity contribution in [3.8, 4) is 0 Å². The van der Waals surface area contributed by atoms with Crippen LogP contribution >= 0.6 is 0 Å². The van der Waals surface area contributed by atoms with Crippen LogP contribution in [0.5, 0.6) is 0 Å². The highest BCUT2D eigenvalue weighted by atomic mass is 16.2. The lowest BCUT2D eigenvalue weighted by molar-refractivity contribution is -0.130. The molecule has 14 heavy (non-hydrogen) atoms. The second kappa shape index (κ2) is 4.11. The molecule has 1 unspecified atom stereocenters. The highest BCUT2D eigenvalue weighted by Gasteiger charge is 2.34. The Kier molecular flexibility index (Phi) is 2.85. The summed E-state index contributed by atoms with van der Waals surface area (Å²) in [6.45, 7) is 0.674. The Morgan fingerprint density at radius 2 is 1.93 bits per heavy atom. The van der Waals surface area contributed by atoms with Gasteiger partial charge in [-0.2, -0.15) is 0 Å². The number of carbonyl (C=O) groups excluding carboxylic acids is 2. The minimum absolute atomic E-state index is 0.0376. The number of rotatable bonds is 2. The fourth-order valence-electron chi connectivity index (χ4n) is 2.60. The maximum atomic E-state index is 11.6. The van der Waals surface area contributed by atoms with Crippen molar-refractivity contribution in [2.75, 3.05) is 6.54 Å². The number of amides is 1.